The van der Waals surface area contributed by atoms with Gasteiger partial charge in [0.05, 0.1) is 6.04 Å². The highest BCUT2D eigenvalue weighted by Crippen LogP contribution is 2.26. The highest BCUT2D eigenvalue weighted by Gasteiger charge is 2.26. The van der Waals surface area contributed by atoms with Crippen molar-refractivity contribution in [3.8, 4) is 0 Å². The zero-order valence-electron chi connectivity index (χ0n) is 15.7. The minimum atomic E-state index is -0.0251. The Kier molecular flexibility index (Phi) is 7.02. The Bertz CT molecular complexity index is 489. The Morgan fingerprint density at radius 3 is 2.13 bits per heavy atom. The standard InChI is InChI=1S/C19H33N3S/c1-18(2,3)14-19(4,5)21-17(23)20-13-16(22(6)7)15-11-9-8-10-12-15/h8-12,16H,13-14H2,1-7H3,(H2,20,21,23)/t16-/m1/s1. The van der Waals surface area contributed by atoms with E-state index in [1.54, 1.807) is 0 Å². The lowest BCUT2D eigenvalue weighted by Crippen LogP contribution is -2.51. The average molecular weight is 336 g/mol. The van der Waals surface area contributed by atoms with Gasteiger partial charge in [0, 0.05) is 12.1 Å². The number of nitrogens with zero attached hydrogens (tertiary/aromatic N) is 1. The molecule has 0 heterocycles. The molecule has 4 heteroatoms. The van der Waals surface area contributed by atoms with Gasteiger partial charge in [-0.1, -0.05) is 51.1 Å². The molecule has 1 rings (SSSR count). The summed E-state index contributed by atoms with van der Waals surface area (Å²) in [6, 6.07) is 10.8. The zero-order valence-corrected chi connectivity index (χ0v) is 16.6. The quantitative estimate of drug-likeness (QED) is 0.769. The highest BCUT2D eigenvalue weighted by molar-refractivity contribution is 7.80. The van der Waals surface area contributed by atoms with Crippen LogP contribution in [0.2, 0.25) is 0 Å². The highest BCUT2D eigenvalue weighted by atomic mass is 32.1. The molecule has 1 aromatic rings. The minimum absolute atomic E-state index is 0.0251. The number of thiocarbonyl (C=S) groups is 1. The van der Waals surface area contributed by atoms with Crippen LogP contribution in [-0.2, 0) is 0 Å². The molecule has 0 aliphatic heterocycles. The maximum atomic E-state index is 5.51. The monoisotopic (exact) mass is 335 g/mol. The summed E-state index contributed by atoms with van der Waals surface area (Å²) in [7, 11) is 4.19. The van der Waals surface area contributed by atoms with E-state index in [2.05, 4.69) is 88.5 Å². The maximum absolute atomic E-state index is 5.51. The van der Waals surface area contributed by atoms with Gasteiger partial charge >= 0.3 is 0 Å². The first-order chi connectivity index (χ1) is 10.5. The van der Waals surface area contributed by atoms with Crippen molar-refractivity contribution in [2.24, 2.45) is 5.41 Å². The third-order valence-electron chi connectivity index (χ3n) is 3.69. The lowest BCUT2D eigenvalue weighted by Gasteiger charge is -2.35. The predicted octanol–water partition coefficient (Wildman–Crippen LogP) is 3.97. The molecule has 0 unspecified atom stereocenters. The van der Waals surface area contributed by atoms with Crippen LogP contribution in [-0.4, -0.2) is 36.2 Å². The van der Waals surface area contributed by atoms with Crippen LogP contribution in [0.5, 0.6) is 0 Å². The van der Waals surface area contributed by atoms with Gasteiger partial charge in [-0.05, 0) is 57.6 Å². The smallest absolute Gasteiger partial charge is 0.166 e. The normalized spacial score (nSPS) is 13.7. The summed E-state index contributed by atoms with van der Waals surface area (Å²) in [5, 5.41) is 7.57. The molecule has 0 saturated carbocycles. The van der Waals surface area contributed by atoms with Gasteiger partial charge in [0.1, 0.15) is 0 Å². The number of hydrogen-bond donors (Lipinski definition) is 2. The van der Waals surface area contributed by atoms with Crippen molar-refractivity contribution in [3.05, 3.63) is 35.9 Å². The fourth-order valence-electron chi connectivity index (χ4n) is 3.18. The van der Waals surface area contributed by atoms with Gasteiger partial charge in [0.2, 0.25) is 0 Å². The Morgan fingerprint density at radius 1 is 1.09 bits per heavy atom. The van der Waals surface area contributed by atoms with Crippen LogP contribution in [0.4, 0.5) is 0 Å². The summed E-state index contributed by atoms with van der Waals surface area (Å²) in [6.45, 7) is 12.0. The number of hydrogen-bond acceptors (Lipinski definition) is 2. The zero-order chi connectivity index (χ0) is 17.7. The van der Waals surface area contributed by atoms with Gasteiger partial charge in [-0.2, -0.15) is 0 Å². The van der Waals surface area contributed by atoms with E-state index in [1.807, 2.05) is 6.07 Å². The molecule has 23 heavy (non-hydrogen) atoms. The average Bonchev–Trinajstić information content (AvgIpc) is 2.36. The lowest BCUT2D eigenvalue weighted by molar-refractivity contribution is 0.264. The van der Waals surface area contributed by atoms with Crippen LogP contribution < -0.4 is 10.6 Å². The molecule has 2 N–H and O–H groups in total. The fraction of sp³-hybridized carbons (Fsp3) is 0.632. The van der Waals surface area contributed by atoms with E-state index in [0.29, 0.717) is 6.04 Å². The molecule has 3 nitrogen and oxygen atoms in total. The Balaban J connectivity index is 2.60. The van der Waals surface area contributed by atoms with Crippen LogP contribution in [0.25, 0.3) is 0 Å². The molecule has 0 fully saturated rings. The summed E-state index contributed by atoms with van der Waals surface area (Å²) in [4.78, 5) is 2.21. The van der Waals surface area contributed by atoms with Crippen LogP contribution in [0, 0.1) is 5.41 Å². The number of nitrogens with one attached hydrogen (secondary N) is 2. The van der Waals surface area contributed by atoms with Crippen molar-refractivity contribution >= 4 is 17.3 Å². The van der Waals surface area contributed by atoms with Gasteiger partial charge in [-0.15, -0.1) is 0 Å². The molecule has 130 valence electrons. The molecule has 1 aromatic carbocycles. The van der Waals surface area contributed by atoms with Crippen LogP contribution in [0.1, 0.15) is 52.6 Å². The van der Waals surface area contributed by atoms with Crippen molar-refractivity contribution < 1.29 is 0 Å². The first-order valence-electron chi connectivity index (χ1n) is 8.28. The van der Waals surface area contributed by atoms with Crippen molar-refractivity contribution in [2.75, 3.05) is 20.6 Å². The number of benzene rings is 1. The summed E-state index contributed by atoms with van der Waals surface area (Å²) in [5.41, 5.74) is 1.53. The van der Waals surface area contributed by atoms with Gasteiger partial charge in [-0.25, -0.2) is 0 Å². The van der Waals surface area contributed by atoms with Gasteiger partial charge in [0.15, 0.2) is 5.11 Å². The van der Waals surface area contributed by atoms with Crippen LogP contribution >= 0.6 is 12.2 Å². The van der Waals surface area contributed by atoms with Crippen molar-refractivity contribution in [3.63, 3.8) is 0 Å². The minimum Gasteiger partial charge on any atom is -0.361 e. The molecule has 0 spiro atoms. The van der Waals surface area contributed by atoms with Gasteiger partial charge < -0.3 is 15.5 Å². The van der Waals surface area contributed by atoms with Crippen molar-refractivity contribution in [1.29, 1.82) is 0 Å². The number of rotatable bonds is 6. The summed E-state index contributed by atoms with van der Waals surface area (Å²) in [5.74, 6) is 0. The van der Waals surface area contributed by atoms with Gasteiger partial charge in [-0.3, -0.25) is 0 Å². The molecule has 0 saturated heterocycles. The summed E-state index contributed by atoms with van der Waals surface area (Å²) < 4.78 is 0. The number of likely N-dealkylation sites (N-methyl/N-ethyl adjacent to an activating group) is 1. The molecule has 0 aromatic heterocycles. The lowest BCUT2D eigenvalue weighted by atomic mass is 9.82. The van der Waals surface area contributed by atoms with E-state index in [4.69, 9.17) is 12.2 Å². The first kappa shape index (κ1) is 19.9. The second kappa shape index (κ2) is 8.11. The molecule has 0 aliphatic rings. The van der Waals surface area contributed by atoms with Crippen molar-refractivity contribution in [2.45, 2.75) is 52.6 Å². The topological polar surface area (TPSA) is 27.3 Å². The third kappa shape index (κ3) is 7.80. The molecule has 0 amide bonds. The SMILES string of the molecule is CN(C)[C@H](CNC(=S)NC(C)(C)CC(C)(C)C)c1ccccc1. The Morgan fingerprint density at radius 2 is 1.65 bits per heavy atom. The Labute approximate surface area is 147 Å². The second-order valence-electron chi connectivity index (χ2n) is 8.35. The molecule has 0 bridgehead atoms. The fourth-order valence-corrected chi connectivity index (χ4v) is 3.54. The van der Waals surface area contributed by atoms with Crippen LogP contribution in [0.15, 0.2) is 30.3 Å². The molecule has 0 radical (unpaired) electrons. The van der Waals surface area contributed by atoms with E-state index in [0.717, 1.165) is 18.1 Å². The third-order valence-corrected chi connectivity index (χ3v) is 3.93. The molecular weight excluding hydrogens is 302 g/mol. The van der Waals surface area contributed by atoms with E-state index < -0.39 is 0 Å². The first-order valence-corrected chi connectivity index (χ1v) is 8.68. The van der Waals surface area contributed by atoms with E-state index in [1.165, 1.54) is 5.56 Å². The summed E-state index contributed by atoms with van der Waals surface area (Å²) >= 11 is 5.51. The molecule has 1 atom stereocenters. The molecule has 0 aliphatic carbocycles. The summed E-state index contributed by atoms with van der Waals surface area (Å²) in [6.07, 6.45) is 1.05. The van der Waals surface area contributed by atoms with Gasteiger partial charge in [0.25, 0.3) is 0 Å². The Hall–Kier alpha value is -1.13. The van der Waals surface area contributed by atoms with Crippen LogP contribution in [0.3, 0.4) is 0 Å². The van der Waals surface area contributed by atoms with E-state index in [-0.39, 0.29) is 11.0 Å². The van der Waals surface area contributed by atoms with Crippen molar-refractivity contribution in [1.82, 2.24) is 15.5 Å². The molecular formula is C19H33N3S. The maximum Gasteiger partial charge on any atom is 0.166 e. The predicted molar refractivity (Wildman–Crippen MR) is 105 cm³/mol. The van der Waals surface area contributed by atoms with E-state index >= 15 is 0 Å². The van der Waals surface area contributed by atoms with E-state index in [9.17, 15) is 0 Å². The second-order valence-corrected chi connectivity index (χ2v) is 8.75. The largest absolute Gasteiger partial charge is 0.361 e.